The molecule has 1 aromatic carbocycles. The van der Waals surface area contributed by atoms with Gasteiger partial charge in [-0.1, -0.05) is 6.07 Å². The monoisotopic (exact) mass is 220 g/mol. The van der Waals surface area contributed by atoms with Crippen molar-refractivity contribution in [3.63, 3.8) is 0 Å². The van der Waals surface area contributed by atoms with Crippen molar-refractivity contribution in [2.24, 2.45) is 5.92 Å². The fourth-order valence-electron chi connectivity index (χ4n) is 2.32. The first-order valence-electron chi connectivity index (χ1n) is 5.81. The average Bonchev–Trinajstić information content (AvgIpc) is 2.19. The number of hydrogen-bond acceptors (Lipinski definition) is 3. The van der Waals surface area contributed by atoms with Crippen molar-refractivity contribution >= 4 is 11.4 Å². The largest absolute Gasteiger partial charge is 0.397 e. The quantitative estimate of drug-likeness (QED) is 0.763. The van der Waals surface area contributed by atoms with Crippen LogP contribution < -0.4 is 10.6 Å². The minimum atomic E-state index is -0.0757. The maximum absolute atomic E-state index is 9.26. The van der Waals surface area contributed by atoms with Gasteiger partial charge in [-0.25, -0.2) is 0 Å². The SMILES string of the molecule is Cc1ccc(N)c(N(C)CC2CC(O)C2)c1. The molecule has 0 atom stereocenters. The van der Waals surface area contributed by atoms with Gasteiger partial charge in [0, 0.05) is 13.6 Å². The molecule has 0 unspecified atom stereocenters. The molecule has 1 saturated carbocycles. The zero-order valence-electron chi connectivity index (χ0n) is 9.98. The zero-order valence-corrected chi connectivity index (χ0v) is 9.98. The van der Waals surface area contributed by atoms with Crippen LogP contribution in [0.5, 0.6) is 0 Å². The summed E-state index contributed by atoms with van der Waals surface area (Å²) in [6, 6.07) is 6.10. The minimum absolute atomic E-state index is 0.0757. The first-order valence-corrected chi connectivity index (χ1v) is 5.81. The predicted octanol–water partition coefficient (Wildman–Crippen LogP) is 1.78. The number of hydrogen-bond donors (Lipinski definition) is 2. The van der Waals surface area contributed by atoms with E-state index in [-0.39, 0.29) is 6.10 Å². The topological polar surface area (TPSA) is 49.5 Å². The molecule has 0 radical (unpaired) electrons. The Bertz CT molecular complexity index is 372. The third kappa shape index (κ3) is 2.30. The predicted molar refractivity (Wildman–Crippen MR) is 67.6 cm³/mol. The Morgan fingerprint density at radius 2 is 2.12 bits per heavy atom. The van der Waals surface area contributed by atoms with Crippen LogP contribution >= 0.6 is 0 Å². The molecule has 0 heterocycles. The van der Waals surface area contributed by atoms with Gasteiger partial charge < -0.3 is 15.7 Å². The van der Waals surface area contributed by atoms with Crippen LogP contribution in [0.1, 0.15) is 18.4 Å². The third-order valence-electron chi connectivity index (χ3n) is 3.34. The number of aliphatic hydroxyl groups is 1. The lowest BCUT2D eigenvalue weighted by Gasteiger charge is -2.35. The fraction of sp³-hybridized carbons (Fsp3) is 0.538. The van der Waals surface area contributed by atoms with E-state index in [4.69, 9.17) is 5.73 Å². The molecule has 1 aliphatic rings. The third-order valence-corrected chi connectivity index (χ3v) is 3.34. The average molecular weight is 220 g/mol. The lowest BCUT2D eigenvalue weighted by atomic mass is 9.82. The van der Waals surface area contributed by atoms with Gasteiger partial charge in [-0.05, 0) is 43.4 Å². The van der Waals surface area contributed by atoms with E-state index in [2.05, 4.69) is 24.9 Å². The smallest absolute Gasteiger partial charge is 0.0600 e. The second-order valence-electron chi connectivity index (χ2n) is 4.93. The number of rotatable bonds is 3. The standard InChI is InChI=1S/C13H20N2O/c1-9-3-4-12(14)13(5-9)15(2)8-10-6-11(16)7-10/h3-5,10-11,16H,6-8,14H2,1-2H3. The highest BCUT2D eigenvalue weighted by Crippen LogP contribution is 2.31. The van der Waals surface area contributed by atoms with Crippen LogP contribution in [0.4, 0.5) is 11.4 Å². The molecule has 1 aliphatic carbocycles. The molecule has 1 aromatic rings. The second kappa shape index (κ2) is 4.34. The van der Waals surface area contributed by atoms with E-state index >= 15 is 0 Å². The summed E-state index contributed by atoms with van der Waals surface area (Å²) in [6.45, 7) is 3.05. The van der Waals surface area contributed by atoms with Crippen molar-refractivity contribution in [3.05, 3.63) is 23.8 Å². The Balaban J connectivity index is 2.02. The summed E-state index contributed by atoms with van der Waals surface area (Å²) >= 11 is 0. The number of aryl methyl sites for hydroxylation is 1. The van der Waals surface area contributed by atoms with Crippen molar-refractivity contribution in [3.8, 4) is 0 Å². The Kier molecular flexibility index (Phi) is 3.06. The van der Waals surface area contributed by atoms with Gasteiger partial charge >= 0.3 is 0 Å². The normalized spacial score (nSPS) is 23.9. The summed E-state index contributed by atoms with van der Waals surface area (Å²) < 4.78 is 0. The van der Waals surface area contributed by atoms with Gasteiger partial charge in [0.1, 0.15) is 0 Å². The van der Waals surface area contributed by atoms with E-state index in [1.54, 1.807) is 0 Å². The number of nitrogen functional groups attached to an aromatic ring is 1. The number of nitrogens with two attached hydrogens (primary N) is 1. The molecule has 88 valence electrons. The van der Waals surface area contributed by atoms with Crippen LogP contribution in [0.25, 0.3) is 0 Å². The van der Waals surface area contributed by atoms with E-state index in [1.807, 2.05) is 12.1 Å². The van der Waals surface area contributed by atoms with E-state index in [0.29, 0.717) is 5.92 Å². The highest BCUT2D eigenvalue weighted by molar-refractivity contribution is 5.68. The van der Waals surface area contributed by atoms with E-state index < -0.39 is 0 Å². The molecule has 3 N–H and O–H groups in total. The van der Waals surface area contributed by atoms with Crippen LogP contribution in [0.3, 0.4) is 0 Å². The number of aliphatic hydroxyl groups excluding tert-OH is 1. The first-order chi connectivity index (χ1) is 7.56. The lowest BCUT2D eigenvalue weighted by Crippen LogP contribution is -2.37. The Morgan fingerprint density at radius 1 is 1.44 bits per heavy atom. The lowest BCUT2D eigenvalue weighted by molar-refractivity contribution is 0.0465. The maximum atomic E-state index is 9.26. The van der Waals surface area contributed by atoms with Crippen molar-refractivity contribution in [1.29, 1.82) is 0 Å². The molecule has 2 rings (SSSR count). The van der Waals surface area contributed by atoms with Crippen molar-refractivity contribution in [2.75, 3.05) is 24.2 Å². The molecular formula is C13H20N2O. The molecule has 0 amide bonds. The highest BCUT2D eigenvalue weighted by Gasteiger charge is 2.28. The van der Waals surface area contributed by atoms with Crippen LogP contribution in [0.15, 0.2) is 18.2 Å². The zero-order chi connectivity index (χ0) is 11.7. The summed E-state index contributed by atoms with van der Waals surface area (Å²) in [5.41, 5.74) is 9.11. The van der Waals surface area contributed by atoms with Crippen LogP contribution in [-0.2, 0) is 0 Å². The molecular weight excluding hydrogens is 200 g/mol. The van der Waals surface area contributed by atoms with Gasteiger partial charge in [0.15, 0.2) is 0 Å². The summed E-state index contributed by atoms with van der Waals surface area (Å²) in [4.78, 5) is 2.19. The molecule has 0 aliphatic heterocycles. The molecule has 0 aromatic heterocycles. The van der Waals surface area contributed by atoms with Crippen LogP contribution in [-0.4, -0.2) is 24.8 Å². The molecule has 3 heteroatoms. The van der Waals surface area contributed by atoms with Crippen molar-refractivity contribution in [1.82, 2.24) is 0 Å². The Labute approximate surface area is 96.9 Å². The first kappa shape index (κ1) is 11.3. The van der Waals surface area contributed by atoms with Gasteiger partial charge in [0.25, 0.3) is 0 Å². The maximum Gasteiger partial charge on any atom is 0.0600 e. The number of benzene rings is 1. The summed E-state index contributed by atoms with van der Waals surface area (Å²) in [6.07, 6.45) is 1.78. The second-order valence-corrected chi connectivity index (χ2v) is 4.93. The molecule has 3 nitrogen and oxygen atoms in total. The minimum Gasteiger partial charge on any atom is -0.397 e. The van der Waals surface area contributed by atoms with Gasteiger partial charge in [-0.3, -0.25) is 0 Å². The van der Waals surface area contributed by atoms with Crippen LogP contribution in [0, 0.1) is 12.8 Å². The summed E-state index contributed by atoms with van der Waals surface area (Å²) in [5.74, 6) is 0.611. The Hall–Kier alpha value is -1.22. The van der Waals surface area contributed by atoms with Crippen molar-refractivity contribution in [2.45, 2.75) is 25.9 Å². The summed E-state index contributed by atoms with van der Waals surface area (Å²) in [7, 11) is 2.07. The van der Waals surface area contributed by atoms with E-state index in [0.717, 1.165) is 30.8 Å². The van der Waals surface area contributed by atoms with Gasteiger partial charge in [0.05, 0.1) is 17.5 Å². The highest BCUT2D eigenvalue weighted by atomic mass is 16.3. The van der Waals surface area contributed by atoms with Gasteiger partial charge in [0.2, 0.25) is 0 Å². The fourth-order valence-corrected chi connectivity index (χ4v) is 2.32. The van der Waals surface area contributed by atoms with Gasteiger partial charge in [-0.15, -0.1) is 0 Å². The van der Waals surface area contributed by atoms with E-state index in [1.165, 1.54) is 5.56 Å². The van der Waals surface area contributed by atoms with Crippen LogP contribution in [0.2, 0.25) is 0 Å². The summed E-state index contributed by atoms with van der Waals surface area (Å²) in [5, 5.41) is 9.26. The molecule has 0 saturated heterocycles. The van der Waals surface area contributed by atoms with E-state index in [9.17, 15) is 5.11 Å². The molecule has 0 bridgehead atoms. The number of nitrogens with zero attached hydrogens (tertiary/aromatic N) is 1. The van der Waals surface area contributed by atoms with Gasteiger partial charge in [-0.2, -0.15) is 0 Å². The molecule has 16 heavy (non-hydrogen) atoms. The molecule has 1 fully saturated rings. The molecule has 0 spiro atoms. The Morgan fingerprint density at radius 3 is 2.75 bits per heavy atom. The number of anilines is 2. The van der Waals surface area contributed by atoms with Crippen molar-refractivity contribution < 1.29 is 5.11 Å².